The molecule has 0 amide bonds. The Morgan fingerprint density at radius 2 is 1.60 bits per heavy atom. The van der Waals surface area contributed by atoms with E-state index in [2.05, 4.69) is 9.62 Å². The van der Waals surface area contributed by atoms with Crippen LogP contribution >= 0.6 is 0 Å². The van der Waals surface area contributed by atoms with E-state index in [4.69, 9.17) is 0 Å². The number of unbranched alkanes of at least 4 members (excludes halogenated alkanes) is 1. The maximum atomic E-state index is 12.7. The number of hydrogen-bond acceptors (Lipinski definition) is 3. The summed E-state index contributed by atoms with van der Waals surface area (Å²) in [5, 5.41) is 0. The molecule has 2 aromatic rings. The van der Waals surface area contributed by atoms with Gasteiger partial charge in [-0.25, -0.2) is 8.42 Å². The van der Waals surface area contributed by atoms with Crippen molar-refractivity contribution in [3.8, 4) is 0 Å². The van der Waals surface area contributed by atoms with Gasteiger partial charge in [0.05, 0.1) is 17.1 Å². The summed E-state index contributed by atoms with van der Waals surface area (Å²) in [7, 11) is -4.00. The Morgan fingerprint density at radius 1 is 0.933 bits per heavy atom. The first-order chi connectivity index (χ1) is 14.2. The highest BCUT2D eigenvalue weighted by Gasteiger charge is 2.30. The van der Waals surface area contributed by atoms with Crippen LogP contribution < -0.4 is 4.72 Å². The highest BCUT2D eigenvalue weighted by atomic mass is 32.2. The van der Waals surface area contributed by atoms with Gasteiger partial charge in [-0.1, -0.05) is 6.07 Å². The van der Waals surface area contributed by atoms with Gasteiger partial charge in [0.15, 0.2) is 0 Å². The van der Waals surface area contributed by atoms with E-state index < -0.39 is 21.8 Å². The van der Waals surface area contributed by atoms with Crippen molar-refractivity contribution in [2.75, 3.05) is 31.0 Å². The lowest BCUT2D eigenvalue weighted by molar-refractivity contribution is -0.137. The summed E-state index contributed by atoms with van der Waals surface area (Å²) in [6, 6.07) is 8.73. The first-order valence-electron chi connectivity index (χ1n) is 9.79. The molecule has 0 spiro atoms. The van der Waals surface area contributed by atoms with Crippen LogP contribution in [0, 0.1) is 0 Å². The molecule has 1 aliphatic heterocycles. The van der Waals surface area contributed by atoms with Crippen LogP contribution in [0.2, 0.25) is 0 Å². The van der Waals surface area contributed by atoms with Crippen LogP contribution in [0.3, 0.4) is 0 Å². The van der Waals surface area contributed by atoms with Gasteiger partial charge in [-0.05, 0) is 79.8 Å². The van der Waals surface area contributed by atoms with Crippen LogP contribution in [0.1, 0.15) is 29.5 Å². The van der Waals surface area contributed by atoms with Crippen LogP contribution in [-0.4, -0.2) is 39.6 Å². The van der Waals surface area contributed by atoms with E-state index in [9.17, 15) is 26.0 Å². The SMILES string of the molecule is O=S(=O)(Nc1ccc2c(c1)CCN(CCCCF)CC2)c1ccc(C(F)(F)F)cc1. The van der Waals surface area contributed by atoms with Crippen LogP contribution in [0.25, 0.3) is 0 Å². The molecule has 0 saturated heterocycles. The zero-order valence-corrected chi connectivity index (χ0v) is 17.2. The van der Waals surface area contributed by atoms with Gasteiger partial charge in [0, 0.05) is 18.8 Å². The fraction of sp³-hybridized carbons (Fsp3) is 0.429. The summed E-state index contributed by atoms with van der Waals surface area (Å²) in [4.78, 5) is 2.05. The van der Waals surface area contributed by atoms with Crippen molar-refractivity contribution in [2.45, 2.75) is 36.8 Å². The van der Waals surface area contributed by atoms with Gasteiger partial charge in [-0.2, -0.15) is 13.2 Å². The predicted octanol–water partition coefficient (Wildman–Crippen LogP) is 4.66. The van der Waals surface area contributed by atoms with Gasteiger partial charge in [-0.15, -0.1) is 0 Å². The number of nitrogens with one attached hydrogen (secondary N) is 1. The zero-order valence-electron chi connectivity index (χ0n) is 16.4. The summed E-state index contributed by atoms with van der Waals surface area (Å²) >= 11 is 0. The van der Waals surface area contributed by atoms with Gasteiger partial charge in [0.1, 0.15) is 0 Å². The second-order valence-electron chi connectivity index (χ2n) is 7.35. The standard InChI is InChI=1S/C21H24F4N2O2S/c22-11-1-2-12-27-13-9-16-3-6-19(15-17(16)10-14-27)26-30(28,29)20-7-4-18(5-8-20)21(23,24)25/h3-8,15,26H,1-2,9-14H2. The van der Waals surface area contributed by atoms with Gasteiger partial charge in [-0.3, -0.25) is 9.11 Å². The van der Waals surface area contributed by atoms with E-state index in [0.717, 1.165) is 74.3 Å². The van der Waals surface area contributed by atoms with E-state index in [-0.39, 0.29) is 11.6 Å². The summed E-state index contributed by atoms with van der Waals surface area (Å²) < 4.78 is 77.9. The van der Waals surface area contributed by atoms with Gasteiger partial charge < -0.3 is 4.90 Å². The molecule has 0 saturated carbocycles. The topological polar surface area (TPSA) is 49.4 Å². The molecule has 1 aliphatic rings. The lowest BCUT2D eigenvalue weighted by Crippen LogP contribution is -2.27. The maximum Gasteiger partial charge on any atom is 0.416 e. The molecule has 0 bridgehead atoms. The molecular formula is C21H24F4N2O2S. The van der Waals surface area contributed by atoms with Crippen LogP contribution in [0.5, 0.6) is 0 Å². The number of sulfonamides is 1. The highest BCUT2D eigenvalue weighted by molar-refractivity contribution is 7.92. The number of fused-ring (bicyclic) bond motifs is 1. The first-order valence-corrected chi connectivity index (χ1v) is 11.3. The Kier molecular flexibility index (Phi) is 7.02. The monoisotopic (exact) mass is 444 g/mol. The molecule has 2 aromatic carbocycles. The Labute approximate surface area is 173 Å². The largest absolute Gasteiger partial charge is 0.416 e. The molecule has 164 valence electrons. The molecule has 3 rings (SSSR count). The summed E-state index contributed by atoms with van der Waals surface area (Å²) in [6.07, 6.45) is -1.57. The summed E-state index contributed by atoms with van der Waals surface area (Å²) in [6.45, 7) is 2.21. The third-order valence-electron chi connectivity index (χ3n) is 5.20. The Balaban J connectivity index is 1.70. The van der Waals surface area contributed by atoms with Gasteiger partial charge >= 0.3 is 6.18 Å². The second kappa shape index (κ2) is 9.34. The minimum absolute atomic E-state index is 0.232. The van der Waals surface area contributed by atoms with Crippen molar-refractivity contribution in [1.29, 1.82) is 0 Å². The average molecular weight is 444 g/mol. The molecular weight excluding hydrogens is 420 g/mol. The maximum absolute atomic E-state index is 12.7. The minimum atomic E-state index is -4.52. The van der Waals surface area contributed by atoms with Crippen molar-refractivity contribution in [1.82, 2.24) is 4.90 Å². The van der Waals surface area contributed by atoms with Crippen LogP contribution in [0.4, 0.5) is 23.2 Å². The van der Waals surface area contributed by atoms with E-state index in [1.165, 1.54) is 0 Å². The molecule has 30 heavy (non-hydrogen) atoms. The zero-order chi connectivity index (χ0) is 21.8. The first kappa shape index (κ1) is 22.6. The quantitative estimate of drug-likeness (QED) is 0.499. The third-order valence-corrected chi connectivity index (χ3v) is 6.60. The number of halogens is 4. The molecule has 0 fully saturated rings. The van der Waals surface area contributed by atoms with Crippen LogP contribution in [-0.2, 0) is 29.0 Å². The van der Waals surface area contributed by atoms with E-state index >= 15 is 0 Å². The molecule has 4 nitrogen and oxygen atoms in total. The number of rotatable bonds is 7. The Hall–Kier alpha value is -2.13. The lowest BCUT2D eigenvalue weighted by Gasteiger charge is -2.18. The molecule has 0 radical (unpaired) electrons. The fourth-order valence-corrected chi connectivity index (χ4v) is 4.58. The third kappa shape index (κ3) is 5.72. The lowest BCUT2D eigenvalue weighted by atomic mass is 10.0. The molecule has 9 heteroatoms. The predicted molar refractivity (Wildman–Crippen MR) is 108 cm³/mol. The minimum Gasteiger partial charge on any atom is -0.303 e. The van der Waals surface area contributed by atoms with Gasteiger partial charge in [0.25, 0.3) is 10.0 Å². The molecule has 1 N–H and O–H groups in total. The number of nitrogens with zero attached hydrogens (tertiary/aromatic N) is 1. The van der Waals surface area contributed by atoms with Crippen molar-refractivity contribution < 1.29 is 26.0 Å². The molecule has 0 unspecified atom stereocenters. The average Bonchev–Trinajstić information content (AvgIpc) is 2.89. The molecule has 0 aromatic heterocycles. The van der Waals surface area contributed by atoms with E-state index in [0.29, 0.717) is 12.1 Å². The summed E-state index contributed by atoms with van der Waals surface area (Å²) in [5.74, 6) is 0. The van der Waals surface area contributed by atoms with Crippen molar-refractivity contribution in [2.24, 2.45) is 0 Å². The number of benzene rings is 2. The Bertz CT molecular complexity index is 960. The molecule has 1 heterocycles. The van der Waals surface area contributed by atoms with Crippen molar-refractivity contribution in [3.63, 3.8) is 0 Å². The van der Waals surface area contributed by atoms with E-state index in [1.54, 1.807) is 12.1 Å². The normalized spacial score (nSPS) is 15.5. The molecule has 0 atom stereocenters. The van der Waals surface area contributed by atoms with Crippen molar-refractivity contribution in [3.05, 3.63) is 59.2 Å². The number of alkyl halides is 4. The fourth-order valence-electron chi connectivity index (χ4n) is 3.53. The highest BCUT2D eigenvalue weighted by Crippen LogP contribution is 2.30. The Morgan fingerprint density at radius 3 is 2.23 bits per heavy atom. The number of hydrogen-bond donors (Lipinski definition) is 1. The van der Waals surface area contributed by atoms with E-state index in [1.807, 2.05) is 6.07 Å². The smallest absolute Gasteiger partial charge is 0.303 e. The summed E-state index contributed by atoms with van der Waals surface area (Å²) in [5.41, 5.74) is 1.65. The second-order valence-corrected chi connectivity index (χ2v) is 9.03. The van der Waals surface area contributed by atoms with Gasteiger partial charge in [0.2, 0.25) is 0 Å². The van der Waals surface area contributed by atoms with Crippen LogP contribution in [0.15, 0.2) is 47.4 Å². The van der Waals surface area contributed by atoms with Crippen molar-refractivity contribution >= 4 is 15.7 Å². The number of anilines is 1. The molecule has 0 aliphatic carbocycles.